The fourth-order valence-electron chi connectivity index (χ4n) is 4.37. The minimum atomic E-state index is -4.35. The lowest BCUT2D eigenvalue weighted by molar-refractivity contribution is -0.140. The molecule has 1 saturated heterocycles. The summed E-state index contributed by atoms with van der Waals surface area (Å²) >= 11 is 0. The summed E-state index contributed by atoms with van der Waals surface area (Å²) in [5, 5.41) is 5.06. The number of halogens is 4. The van der Waals surface area contributed by atoms with Crippen molar-refractivity contribution < 1.29 is 30.7 Å². The number of hydrogen-bond acceptors (Lipinski definition) is 5. The first-order valence-electron chi connectivity index (χ1n) is 11.2. The van der Waals surface area contributed by atoms with Crippen LogP contribution in [0.4, 0.5) is 17.6 Å². The van der Waals surface area contributed by atoms with Gasteiger partial charge in [-0.1, -0.05) is 0 Å². The van der Waals surface area contributed by atoms with Crippen LogP contribution in [0.15, 0.2) is 42.6 Å². The van der Waals surface area contributed by atoms with Gasteiger partial charge in [-0.05, 0) is 30.3 Å². The van der Waals surface area contributed by atoms with Crippen LogP contribution in [0.25, 0.3) is 16.6 Å². The predicted octanol–water partition coefficient (Wildman–Crippen LogP) is 3.59. The first kappa shape index (κ1) is 26.3. The van der Waals surface area contributed by atoms with E-state index in [0.29, 0.717) is 27.9 Å². The van der Waals surface area contributed by atoms with E-state index >= 15 is 0 Å². The molecule has 36 heavy (non-hydrogen) atoms. The molecule has 1 aliphatic heterocycles. The number of hydrogen-bond donors (Lipinski definition) is 0. The Morgan fingerprint density at radius 2 is 1.83 bits per heavy atom. The van der Waals surface area contributed by atoms with Crippen molar-refractivity contribution >= 4 is 21.1 Å². The van der Waals surface area contributed by atoms with Crippen LogP contribution in [0.1, 0.15) is 18.0 Å². The summed E-state index contributed by atoms with van der Waals surface area (Å²) in [6, 6.07) is 8.58. The van der Waals surface area contributed by atoms with Gasteiger partial charge < -0.3 is 4.74 Å². The van der Waals surface area contributed by atoms with Crippen molar-refractivity contribution in [1.29, 1.82) is 0 Å². The molecule has 0 amide bonds. The number of aromatic nitrogens is 2. The van der Waals surface area contributed by atoms with Crippen molar-refractivity contribution in [2.45, 2.75) is 18.6 Å². The topological polar surface area (TPSA) is 70.9 Å². The third-order valence-electron chi connectivity index (χ3n) is 6.27. The molecule has 13 heteroatoms. The van der Waals surface area contributed by atoms with E-state index in [0.717, 1.165) is 4.31 Å². The smallest absolute Gasteiger partial charge is 0.390 e. The van der Waals surface area contributed by atoms with Crippen molar-refractivity contribution in [3.63, 3.8) is 0 Å². The molecule has 1 aliphatic rings. The number of fused-ring (bicyclic) bond motifs is 1. The molecule has 1 fully saturated rings. The number of alkyl halides is 3. The van der Waals surface area contributed by atoms with Crippen LogP contribution in [0.3, 0.4) is 0 Å². The van der Waals surface area contributed by atoms with Gasteiger partial charge in [0.1, 0.15) is 11.6 Å². The molecule has 196 valence electrons. The molecule has 4 rings (SSSR count). The maximum atomic E-state index is 13.4. The lowest BCUT2D eigenvalue weighted by Crippen LogP contribution is -2.53. The van der Waals surface area contributed by atoms with Crippen LogP contribution in [0.2, 0.25) is 0 Å². The van der Waals surface area contributed by atoms with Gasteiger partial charge >= 0.3 is 6.18 Å². The molecule has 0 bridgehead atoms. The molecule has 0 N–H and O–H groups in total. The summed E-state index contributed by atoms with van der Waals surface area (Å²) in [5.41, 5.74) is 1.83. The lowest BCUT2D eigenvalue weighted by Gasteiger charge is -2.42. The minimum Gasteiger partial charge on any atom is -0.496 e. The van der Waals surface area contributed by atoms with Crippen molar-refractivity contribution in [3.05, 3.63) is 54.0 Å². The number of benzene rings is 2. The van der Waals surface area contributed by atoms with E-state index in [1.54, 1.807) is 40.0 Å². The zero-order valence-corrected chi connectivity index (χ0v) is 20.9. The molecule has 0 spiro atoms. The normalized spacial score (nSPS) is 18.3. The van der Waals surface area contributed by atoms with Crippen LogP contribution in [0.5, 0.6) is 5.75 Å². The SMILES string of the molecule is COc1cc2c(cnn2-c2ccc(F)cc2)cc1C1CN(S(=O)(=O)N(C)C)CCN1CCC(F)(F)F. The average molecular weight is 530 g/mol. The predicted molar refractivity (Wildman–Crippen MR) is 127 cm³/mol. The van der Waals surface area contributed by atoms with Crippen molar-refractivity contribution in [2.24, 2.45) is 0 Å². The second-order valence-corrected chi connectivity index (χ2v) is 10.9. The van der Waals surface area contributed by atoms with Gasteiger partial charge in [0.05, 0.1) is 37.0 Å². The van der Waals surface area contributed by atoms with Crippen LogP contribution in [0, 0.1) is 5.82 Å². The molecule has 1 aromatic heterocycles. The zero-order chi connectivity index (χ0) is 26.3. The standard InChI is InChI=1S/C23H27F4N5O3S/c1-29(2)36(33,34)31-11-10-30(9-8-23(25,26)27)21(15-31)19-12-16-14-28-32(20(16)13-22(19)35-3)18-6-4-17(24)5-7-18/h4-7,12-14,21H,8-11,15H2,1-3H3. The molecule has 2 aromatic carbocycles. The van der Waals surface area contributed by atoms with Gasteiger partial charge in [-0.15, -0.1) is 0 Å². The highest BCUT2D eigenvalue weighted by Crippen LogP contribution is 2.37. The first-order valence-corrected chi connectivity index (χ1v) is 12.6. The maximum absolute atomic E-state index is 13.4. The van der Waals surface area contributed by atoms with Gasteiger partial charge in [-0.3, -0.25) is 4.90 Å². The van der Waals surface area contributed by atoms with E-state index in [1.807, 2.05) is 0 Å². The summed E-state index contributed by atoms with van der Waals surface area (Å²) in [6.07, 6.45) is -3.77. The first-order chi connectivity index (χ1) is 16.9. The van der Waals surface area contributed by atoms with Crippen LogP contribution in [-0.2, 0) is 10.2 Å². The Balaban J connectivity index is 1.77. The molecule has 2 heterocycles. The second kappa shape index (κ2) is 9.96. The Morgan fingerprint density at radius 3 is 2.44 bits per heavy atom. The fraction of sp³-hybridized carbons (Fsp3) is 0.435. The molecule has 0 saturated carbocycles. The highest BCUT2D eigenvalue weighted by atomic mass is 32.2. The van der Waals surface area contributed by atoms with Gasteiger partial charge in [0.2, 0.25) is 0 Å². The molecular weight excluding hydrogens is 502 g/mol. The molecule has 3 aromatic rings. The number of piperazine rings is 1. The Hall–Kier alpha value is -2.74. The summed E-state index contributed by atoms with van der Waals surface area (Å²) in [4.78, 5) is 1.64. The van der Waals surface area contributed by atoms with Gasteiger partial charge in [-0.2, -0.15) is 35.3 Å². The number of methoxy groups -OCH3 is 1. The molecule has 0 aliphatic carbocycles. The third-order valence-corrected chi connectivity index (χ3v) is 8.18. The number of nitrogens with zero attached hydrogens (tertiary/aromatic N) is 5. The van der Waals surface area contributed by atoms with Gasteiger partial charge in [0.25, 0.3) is 10.2 Å². The molecule has 0 radical (unpaired) electrons. The molecule has 1 unspecified atom stereocenters. The average Bonchev–Trinajstić information content (AvgIpc) is 3.24. The van der Waals surface area contributed by atoms with E-state index < -0.39 is 28.8 Å². The monoisotopic (exact) mass is 529 g/mol. The second-order valence-electron chi connectivity index (χ2n) is 8.75. The summed E-state index contributed by atoms with van der Waals surface area (Å²) in [7, 11) is 0.497. The van der Waals surface area contributed by atoms with Crippen molar-refractivity contribution in [3.8, 4) is 11.4 Å². The maximum Gasteiger partial charge on any atom is 0.390 e. The Kier molecular flexibility index (Phi) is 7.28. The molecule has 1 atom stereocenters. The van der Waals surface area contributed by atoms with Gasteiger partial charge in [-0.25, -0.2) is 9.07 Å². The third kappa shape index (κ3) is 5.33. The summed E-state index contributed by atoms with van der Waals surface area (Å²) in [6.45, 7) is -0.113. The molecular formula is C23H27F4N5O3S. The highest BCUT2D eigenvalue weighted by molar-refractivity contribution is 7.86. The fourth-order valence-corrected chi connectivity index (χ4v) is 5.47. The van der Waals surface area contributed by atoms with E-state index in [4.69, 9.17) is 4.74 Å². The van der Waals surface area contributed by atoms with E-state index in [9.17, 15) is 26.0 Å². The Labute approximate surface area is 206 Å². The van der Waals surface area contributed by atoms with Gasteiger partial charge in [0.15, 0.2) is 0 Å². The Morgan fingerprint density at radius 1 is 1.14 bits per heavy atom. The largest absolute Gasteiger partial charge is 0.496 e. The summed E-state index contributed by atoms with van der Waals surface area (Å²) < 4.78 is 87.8. The van der Waals surface area contributed by atoms with E-state index in [-0.39, 0.29) is 32.0 Å². The van der Waals surface area contributed by atoms with Crippen LogP contribution in [-0.4, -0.2) is 85.3 Å². The number of ether oxygens (including phenoxy) is 1. The van der Waals surface area contributed by atoms with Crippen molar-refractivity contribution in [2.75, 3.05) is 47.4 Å². The molecule has 8 nitrogen and oxygen atoms in total. The number of rotatable bonds is 7. The lowest BCUT2D eigenvalue weighted by atomic mass is 10.00. The van der Waals surface area contributed by atoms with E-state index in [1.165, 1.54) is 37.6 Å². The Bertz CT molecular complexity index is 1330. The van der Waals surface area contributed by atoms with Crippen LogP contribution >= 0.6 is 0 Å². The highest BCUT2D eigenvalue weighted by Gasteiger charge is 2.38. The van der Waals surface area contributed by atoms with Gasteiger partial charge in [0, 0.05) is 57.3 Å². The zero-order valence-electron chi connectivity index (χ0n) is 20.0. The summed E-state index contributed by atoms with van der Waals surface area (Å²) in [5.74, 6) is 0.000951. The quantitative estimate of drug-likeness (QED) is 0.438. The van der Waals surface area contributed by atoms with Crippen molar-refractivity contribution in [1.82, 2.24) is 23.3 Å². The van der Waals surface area contributed by atoms with E-state index in [2.05, 4.69) is 5.10 Å². The van der Waals surface area contributed by atoms with Crippen LogP contribution < -0.4 is 4.74 Å². The minimum absolute atomic E-state index is 0.0354.